The highest BCUT2D eigenvalue weighted by Crippen LogP contribution is 2.37. The number of aliphatic hydroxyl groups excluding tert-OH is 1. The van der Waals surface area contributed by atoms with E-state index in [0.29, 0.717) is 11.5 Å². The van der Waals surface area contributed by atoms with Crippen LogP contribution in [0.15, 0.2) is 72.8 Å². The molecule has 0 heterocycles. The summed E-state index contributed by atoms with van der Waals surface area (Å²) in [6.45, 7) is 1.55. The molecule has 2 N–H and O–H groups in total. The van der Waals surface area contributed by atoms with E-state index in [4.69, 9.17) is 4.74 Å². The third kappa shape index (κ3) is 8.68. The van der Waals surface area contributed by atoms with Crippen molar-refractivity contribution in [2.75, 3.05) is 13.2 Å². The lowest BCUT2D eigenvalue weighted by molar-refractivity contribution is -0.152. The summed E-state index contributed by atoms with van der Waals surface area (Å²) in [4.78, 5) is 24.1. The molecule has 0 bridgehead atoms. The number of nitrogens with one attached hydrogen (secondary N) is 1. The Bertz CT molecular complexity index is 1320. The lowest BCUT2D eigenvalue weighted by atomic mass is 9.78. The van der Waals surface area contributed by atoms with Crippen molar-refractivity contribution in [2.24, 2.45) is 5.92 Å². The van der Waals surface area contributed by atoms with Crippen molar-refractivity contribution in [2.45, 2.75) is 70.1 Å². The molecule has 0 saturated heterocycles. The largest absolute Gasteiger partial charge is 0.464 e. The van der Waals surface area contributed by atoms with Gasteiger partial charge in [0.1, 0.15) is 0 Å². The molecular formula is C34H38F3NO4. The van der Waals surface area contributed by atoms with Gasteiger partial charge in [0.25, 0.3) is 5.91 Å². The van der Waals surface area contributed by atoms with Crippen molar-refractivity contribution >= 4 is 11.9 Å². The molecule has 0 unspecified atom stereocenters. The highest BCUT2D eigenvalue weighted by molar-refractivity contribution is 5.94. The molecule has 0 aliphatic heterocycles. The van der Waals surface area contributed by atoms with Crippen molar-refractivity contribution in [1.82, 2.24) is 5.32 Å². The van der Waals surface area contributed by atoms with Gasteiger partial charge in [0.2, 0.25) is 0 Å². The third-order valence-corrected chi connectivity index (χ3v) is 7.96. The number of ether oxygens (including phenoxy) is 1. The molecule has 4 rings (SSSR count). The van der Waals surface area contributed by atoms with E-state index in [1.807, 2.05) is 24.3 Å². The first-order chi connectivity index (χ1) is 20.1. The molecule has 5 nitrogen and oxygen atoms in total. The van der Waals surface area contributed by atoms with E-state index in [1.165, 1.54) is 44.2 Å². The van der Waals surface area contributed by atoms with Gasteiger partial charge < -0.3 is 15.2 Å². The zero-order valence-electron chi connectivity index (χ0n) is 23.8. The summed E-state index contributed by atoms with van der Waals surface area (Å²) in [7, 11) is 0. The molecule has 0 aromatic heterocycles. The number of benzene rings is 3. The summed E-state index contributed by atoms with van der Waals surface area (Å²) >= 11 is 0. The second kappa shape index (κ2) is 14.5. The molecule has 42 heavy (non-hydrogen) atoms. The van der Waals surface area contributed by atoms with Gasteiger partial charge in [-0.25, -0.2) is 4.79 Å². The van der Waals surface area contributed by atoms with Gasteiger partial charge in [-0.15, -0.1) is 0 Å². The molecular weight excluding hydrogens is 543 g/mol. The van der Waals surface area contributed by atoms with Crippen molar-refractivity contribution in [3.63, 3.8) is 0 Å². The predicted octanol–water partition coefficient (Wildman–Crippen LogP) is 7.32. The molecule has 1 fully saturated rings. The lowest BCUT2D eigenvalue weighted by Gasteiger charge is -2.27. The Morgan fingerprint density at radius 1 is 0.952 bits per heavy atom. The first-order valence-electron chi connectivity index (χ1n) is 14.6. The van der Waals surface area contributed by atoms with Crippen LogP contribution >= 0.6 is 0 Å². The Hall–Kier alpha value is -3.65. The van der Waals surface area contributed by atoms with Gasteiger partial charge in [-0.2, -0.15) is 13.2 Å². The number of hydrogen-bond donors (Lipinski definition) is 2. The summed E-state index contributed by atoms with van der Waals surface area (Å²) in [5.74, 6) is -0.344. The average molecular weight is 582 g/mol. The molecule has 0 spiro atoms. The van der Waals surface area contributed by atoms with Crippen LogP contribution in [0, 0.1) is 5.92 Å². The fourth-order valence-corrected chi connectivity index (χ4v) is 5.68. The zero-order chi connectivity index (χ0) is 30.1. The topological polar surface area (TPSA) is 75.6 Å². The van der Waals surface area contributed by atoms with Crippen LogP contribution in [0.4, 0.5) is 13.2 Å². The smallest absolute Gasteiger partial charge is 0.416 e. The highest BCUT2D eigenvalue weighted by atomic mass is 19.4. The predicted molar refractivity (Wildman–Crippen MR) is 156 cm³/mol. The van der Waals surface area contributed by atoms with E-state index < -0.39 is 29.7 Å². The van der Waals surface area contributed by atoms with Crippen molar-refractivity contribution in [1.29, 1.82) is 0 Å². The highest BCUT2D eigenvalue weighted by Gasteiger charge is 2.30. The van der Waals surface area contributed by atoms with Crippen molar-refractivity contribution in [3.05, 3.63) is 95.1 Å². The van der Waals surface area contributed by atoms with E-state index >= 15 is 0 Å². The van der Waals surface area contributed by atoms with Crippen molar-refractivity contribution < 1.29 is 32.6 Å². The molecule has 1 aliphatic rings. The van der Waals surface area contributed by atoms with Crippen LogP contribution in [0.5, 0.6) is 0 Å². The number of carbonyl (C=O) groups is 2. The second-order valence-electron chi connectivity index (χ2n) is 11.0. The number of hydrogen-bond acceptors (Lipinski definition) is 4. The quantitative estimate of drug-likeness (QED) is 0.233. The Labute approximate surface area is 245 Å². The molecule has 1 aliphatic carbocycles. The molecule has 2 atom stereocenters. The number of carbonyl (C=O) groups excluding carboxylic acids is 2. The number of alkyl halides is 3. The van der Waals surface area contributed by atoms with Crippen LogP contribution in [0.3, 0.4) is 0 Å². The van der Waals surface area contributed by atoms with Gasteiger partial charge in [0.05, 0.1) is 18.7 Å². The minimum atomic E-state index is -4.37. The fourth-order valence-electron chi connectivity index (χ4n) is 5.68. The van der Waals surface area contributed by atoms with Gasteiger partial charge >= 0.3 is 12.1 Å². The zero-order valence-corrected chi connectivity index (χ0v) is 23.8. The van der Waals surface area contributed by atoms with E-state index in [2.05, 4.69) is 17.4 Å². The third-order valence-electron chi connectivity index (χ3n) is 7.96. The molecule has 3 aromatic rings. The van der Waals surface area contributed by atoms with Gasteiger partial charge in [0.15, 0.2) is 6.10 Å². The maximum absolute atomic E-state index is 13.1. The standard InChI is InChI=1S/C34H38F3NO4/c1-2-42-33(41)31(39)22-38-32(40)26-13-11-24(12-14-26)20-29(19-23-7-4-3-5-8-23)28-10-6-9-27(21-28)25-15-17-30(18-16-25)34(35,36)37/h6,9-18,21,23,29,31,39H,2-5,7-8,19-20,22H2,1H3,(H,38,40)/t29-,31+/m1/s1. The number of halogens is 3. The van der Waals surface area contributed by atoms with Gasteiger partial charge in [-0.3, -0.25) is 4.79 Å². The van der Waals surface area contributed by atoms with Crippen LogP contribution in [0.2, 0.25) is 0 Å². The SMILES string of the molecule is CCOC(=O)[C@@H](O)CNC(=O)c1ccc(C[C@@H](CC2CCCCC2)c2cccc(-c3ccc(C(F)(F)F)cc3)c2)cc1. The Kier molecular flexibility index (Phi) is 10.8. The monoisotopic (exact) mass is 581 g/mol. The number of esters is 1. The minimum absolute atomic E-state index is 0.145. The molecule has 1 saturated carbocycles. The van der Waals surface area contributed by atoms with Gasteiger partial charge in [0, 0.05) is 5.56 Å². The molecule has 8 heteroatoms. The van der Waals surface area contributed by atoms with Gasteiger partial charge in [-0.05, 0) is 78.1 Å². The van der Waals surface area contributed by atoms with Crippen molar-refractivity contribution in [3.8, 4) is 11.1 Å². The minimum Gasteiger partial charge on any atom is -0.464 e. The summed E-state index contributed by atoms with van der Waals surface area (Å²) in [5, 5.41) is 12.4. The number of aliphatic hydroxyl groups is 1. The van der Waals surface area contributed by atoms with E-state index in [0.717, 1.165) is 47.2 Å². The number of rotatable bonds is 11. The molecule has 224 valence electrons. The van der Waals surface area contributed by atoms with E-state index in [-0.39, 0.29) is 19.1 Å². The Morgan fingerprint density at radius 2 is 1.64 bits per heavy atom. The second-order valence-corrected chi connectivity index (χ2v) is 11.0. The summed E-state index contributed by atoms with van der Waals surface area (Å²) in [6.07, 6.45) is 2.12. The van der Waals surface area contributed by atoms with E-state index in [9.17, 15) is 27.9 Å². The van der Waals surface area contributed by atoms with Crippen LogP contribution < -0.4 is 5.32 Å². The van der Waals surface area contributed by atoms with Crippen LogP contribution in [0.25, 0.3) is 11.1 Å². The van der Waals surface area contributed by atoms with E-state index in [1.54, 1.807) is 19.1 Å². The first kappa shape index (κ1) is 31.3. The summed E-state index contributed by atoms with van der Waals surface area (Å²) in [6, 6.07) is 20.7. The summed E-state index contributed by atoms with van der Waals surface area (Å²) in [5.41, 5.74) is 3.59. The Morgan fingerprint density at radius 3 is 2.29 bits per heavy atom. The Balaban J connectivity index is 1.49. The van der Waals surface area contributed by atoms with Crippen LogP contribution in [-0.2, 0) is 22.1 Å². The summed E-state index contributed by atoms with van der Waals surface area (Å²) < 4.78 is 44.0. The fraction of sp³-hybridized carbons (Fsp3) is 0.412. The average Bonchev–Trinajstić information content (AvgIpc) is 3.00. The van der Waals surface area contributed by atoms with Crippen LogP contribution in [-0.4, -0.2) is 36.2 Å². The molecule has 0 radical (unpaired) electrons. The van der Waals surface area contributed by atoms with Gasteiger partial charge in [-0.1, -0.05) is 80.6 Å². The first-order valence-corrected chi connectivity index (χ1v) is 14.6. The maximum atomic E-state index is 13.1. The lowest BCUT2D eigenvalue weighted by Crippen LogP contribution is -2.37. The normalized spacial score (nSPS) is 15.5. The number of amides is 1. The maximum Gasteiger partial charge on any atom is 0.416 e. The molecule has 1 amide bonds. The molecule has 3 aromatic carbocycles. The van der Waals surface area contributed by atoms with Crippen LogP contribution in [0.1, 0.15) is 78.4 Å².